The number of unbranched alkanes of at least 4 members (excludes halogenated alkanes) is 7. The molecule has 2 rings (SSSR count). The molecule has 5 heteroatoms. The number of fused-ring (bicyclic) bond motifs is 1. The molecule has 1 aromatic rings. The molecular weight excluding hydrogens is 380 g/mol. The van der Waals surface area contributed by atoms with Gasteiger partial charge < -0.3 is 19.3 Å². The maximum atomic E-state index is 12.1. The predicted octanol–water partition coefficient (Wildman–Crippen LogP) is 5.47. The summed E-state index contributed by atoms with van der Waals surface area (Å²) in [5.74, 6) is 1.04. The van der Waals surface area contributed by atoms with Crippen LogP contribution in [0.4, 0.5) is 0 Å². The first-order valence-corrected chi connectivity index (χ1v) is 11.3. The average Bonchev–Trinajstić information content (AvgIpc) is 3.17. The summed E-state index contributed by atoms with van der Waals surface area (Å²) in [5.41, 5.74) is 0.723. The van der Waals surface area contributed by atoms with Crippen LogP contribution in [0.25, 0.3) is 6.08 Å². The van der Waals surface area contributed by atoms with E-state index in [9.17, 15) is 9.90 Å². The van der Waals surface area contributed by atoms with Crippen LogP contribution in [0.1, 0.15) is 83.3 Å². The van der Waals surface area contributed by atoms with E-state index in [2.05, 4.69) is 6.92 Å². The van der Waals surface area contributed by atoms with E-state index in [0.29, 0.717) is 18.8 Å². The molecule has 1 N–H and O–H groups in total. The lowest BCUT2D eigenvalue weighted by Gasteiger charge is -2.24. The molecular formula is C25H38O5. The molecule has 1 heterocycles. The molecule has 1 atom stereocenters. The van der Waals surface area contributed by atoms with Crippen LogP contribution in [0.2, 0.25) is 0 Å². The summed E-state index contributed by atoms with van der Waals surface area (Å²) in [6.07, 6.45) is 13.1. The summed E-state index contributed by atoms with van der Waals surface area (Å²) < 4.78 is 16.8. The van der Waals surface area contributed by atoms with Gasteiger partial charge in [-0.1, -0.05) is 51.9 Å². The van der Waals surface area contributed by atoms with Crippen LogP contribution >= 0.6 is 0 Å². The van der Waals surface area contributed by atoms with Gasteiger partial charge in [0, 0.05) is 23.6 Å². The molecule has 0 saturated carbocycles. The topological polar surface area (TPSA) is 65.0 Å². The van der Waals surface area contributed by atoms with Crippen molar-refractivity contribution in [3.63, 3.8) is 0 Å². The molecule has 0 saturated heterocycles. The maximum absolute atomic E-state index is 12.1. The zero-order valence-corrected chi connectivity index (χ0v) is 19.0. The average molecular weight is 419 g/mol. The van der Waals surface area contributed by atoms with Gasteiger partial charge in [0.1, 0.15) is 17.6 Å². The number of hydrogen-bond donors (Lipinski definition) is 1. The first-order valence-electron chi connectivity index (χ1n) is 11.3. The Hall–Kier alpha value is -2.01. The number of carbonyl (C=O) groups is 1. The molecule has 0 aromatic heterocycles. The summed E-state index contributed by atoms with van der Waals surface area (Å²) in [5, 5.41) is 10.3. The van der Waals surface area contributed by atoms with Gasteiger partial charge in [-0.25, -0.2) is 4.79 Å². The highest BCUT2D eigenvalue weighted by Crippen LogP contribution is 2.41. The second kappa shape index (κ2) is 12.0. The number of aliphatic hydroxyl groups is 1. The third kappa shape index (κ3) is 7.35. The summed E-state index contributed by atoms with van der Waals surface area (Å²) in [7, 11) is 1.62. The van der Waals surface area contributed by atoms with Gasteiger partial charge in [0.2, 0.25) is 0 Å². The number of benzene rings is 1. The lowest BCUT2D eigenvalue weighted by Crippen LogP contribution is -2.39. The standard InChI is InChI=1S/C25H38O5/c1-5-6-7-8-9-10-11-12-17-29-23(26)16-14-19-13-15-21(28-4)20-18-22(25(2,3)27)30-24(19)20/h13-16,22,27H,5-12,17-18H2,1-4H3/b16-14+. The molecule has 1 aliphatic heterocycles. The highest BCUT2D eigenvalue weighted by atomic mass is 16.5. The molecule has 1 aromatic carbocycles. The van der Waals surface area contributed by atoms with E-state index in [1.807, 2.05) is 12.1 Å². The zero-order chi connectivity index (χ0) is 22.0. The summed E-state index contributed by atoms with van der Waals surface area (Å²) in [6.45, 7) is 6.14. The van der Waals surface area contributed by atoms with Crippen molar-refractivity contribution in [1.29, 1.82) is 0 Å². The van der Waals surface area contributed by atoms with Crippen molar-refractivity contribution >= 4 is 12.0 Å². The smallest absolute Gasteiger partial charge is 0.330 e. The molecule has 1 aliphatic rings. The fourth-order valence-electron chi connectivity index (χ4n) is 3.66. The second-order valence-electron chi connectivity index (χ2n) is 8.60. The quantitative estimate of drug-likeness (QED) is 0.261. The van der Waals surface area contributed by atoms with E-state index in [1.165, 1.54) is 44.6 Å². The number of ether oxygens (including phenoxy) is 3. The van der Waals surface area contributed by atoms with Crippen LogP contribution in [0, 0.1) is 0 Å². The number of methoxy groups -OCH3 is 1. The van der Waals surface area contributed by atoms with Crippen molar-refractivity contribution in [3.05, 3.63) is 29.3 Å². The Bertz CT molecular complexity index is 702. The van der Waals surface area contributed by atoms with Crippen LogP contribution < -0.4 is 9.47 Å². The Balaban J connectivity index is 1.81. The number of carbonyl (C=O) groups excluding carboxylic acids is 1. The van der Waals surface area contributed by atoms with Gasteiger partial charge in [-0.15, -0.1) is 0 Å². The van der Waals surface area contributed by atoms with Gasteiger partial charge in [0.05, 0.1) is 19.3 Å². The normalized spacial score (nSPS) is 15.8. The molecule has 0 radical (unpaired) electrons. The van der Waals surface area contributed by atoms with Crippen LogP contribution in [-0.4, -0.2) is 36.5 Å². The fraction of sp³-hybridized carbons (Fsp3) is 0.640. The first kappa shape index (κ1) is 24.3. The van der Waals surface area contributed by atoms with Crippen molar-refractivity contribution in [2.24, 2.45) is 0 Å². The molecule has 0 aliphatic carbocycles. The van der Waals surface area contributed by atoms with Crippen molar-refractivity contribution in [2.75, 3.05) is 13.7 Å². The fourth-order valence-corrected chi connectivity index (χ4v) is 3.66. The SMILES string of the molecule is CCCCCCCCCCOC(=O)/C=C/c1ccc(OC)c2c1OC(C(C)(C)O)C2. The van der Waals surface area contributed by atoms with Crippen molar-refractivity contribution < 1.29 is 24.1 Å². The zero-order valence-electron chi connectivity index (χ0n) is 19.0. The Kier molecular flexibility index (Phi) is 9.70. The van der Waals surface area contributed by atoms with Gasteiger partial charge in [-0.05, 0) is 38.5 Å². The Labute approximate surface area is 181 Å². The summed E-state index contributed by atoms with van der Waals surface area (Å²) >= 11 is 0. The van der Waals surface area contributed by atoms with Crippen LogP contribution in [0.5, 0.6) is 11.5 Å². The minimum absolute atomic E-state index is 0.348. The molecule has 168 valence electrons. The summed E-state index contributed by atoms with van der Waals surface area (Å²) in [6, 6.07) is 3.72. The Morgan fingerprint density at radius 3 is 2.47 bits per heavy atom. The van der Waals surface area contributed by atoms with Crippen LogP contribution in [0.3, 0.4) is 0 Å². The molecule has 0 fully saturated rings. The number of rotatable bonds is 13. The van der Waals surface area contributed by atoms with Crippen molar-refractivity contribution in [3.8, 4) is 11.5 Å². The number of hydrogen-bond acceptors (Lipinski definition) is 5. The van der Waals surface area contributed by atoms with Crippen molar-refractivity contribution in [2.45, 2.75) is 90.3 Å². The van der Waals surface area contributed by atoms with Crippen molar-refractivity contribution in [1.82, 2.24) is 0 Å². The van der Waals surface area contributed by atoms with Gasteiger partial charge in [0.25, 0.3) is 0 Å². The minimum Gasteiger partial charge on any atom is -0.496 e. The Morgan fingerprint density at radius 1 is 1.17 bits per heavy atom. The lowest BCUT2D eigenvalue weighted by atomic mass is 9.96. The molecule has 30 heavy (non-hydrogen) atoms. The van der Waals surface area contributed by atoms with E-state index in [4.69, 9.17) is 14.2 Å². The highest BCUT2D eigenvalue weighted by Gasteiger charge is 2.37. The second-order valence-corrected chi connectivity index (χ2v) is 8.60. The largest absolute Gasteiger partial charge is 0.496 e. The van der Waals surface area contributed by atoms with Crippen LogP contribution in [-0.2, 0) is 16.0 Å². The molecule has 0 bridgehead atoms. The van der Waals surface area contributed by atoms with E-state index >= 15 is 0 Å². The maximum Gasteiger partial charge on any atom is 0.330 e. The minimum atomic E-state index is -0.972. The molecule has 5 nitrogen and oxygen atoms in total. The van der Waals surface area contributed by atoms with E-state index < -0.39 is 5.60 Å². The molecule has 0 spiro atoms. The summed E-state index contributed by atoms with van der Waals surface area (Å²) in [4.78, 5) is 12.1. The van der Waals surface area contributed by atoms with Gasteiger partial charge >= 0.3 is 5.97 Å². The van der Waals surface area contributed by atoms with Gasteiger partial charge in [-0.2, -0.15) is 0 Å². The van der Waals surface area contributed by atoms with Crippen LogP contribution in [0.15, 0.2) is 18.2 Å². The highest BCUT2D eigenvalue weighted by molar-refractivity contribution is 5.88. The third-order valence-electron chi connectivity index (χ3n) is 5.55. The van der Waals surface area contributed by atoms with Gasteiger partial charge in [-0.3, -0.25) is 0 Å². The lowest BCUT2D eigenvalue weighted by molar-refractivity contribution is -0.137. The first-order chi connectivity index (χ1) is 14.4. The van der Waals surface area contributed by atoms with Gasteiger partial charge in [0.15, 0.2) is 0 Å². The van der Waals surface area contributed by atoms with E-state index in [-0.39, 0.29) is 12.1 Å². The predicted molar refractivity (Wildman–Crippen MR) is 120 cm³/mol. The molecule has 0 amide bonds. The monoisotopic (exact) mass is 418 g/mol. The van der Waals surface area contributed by atoms with E-state index in [1.54, 1.807) is 27.0 Å². The Morgan fingerprint density at radius 2 is 1.83 bits per heavy atom. The van der Waals surface area contributed by atoms with E-state index in [0.717, 1.165) is 29.7 Å². The number of esters is 1. The third-order valence-corrected chi connectivity index (χ3v) is 5.55. The molecule has 1 unspecified atom stereocenters.